The molecule has 0 aliphatic rings. The topological polar surface area (TPSA) is 21.3 Å². The van der Waals surface area contributed by atoms with E-state index in [0.29, 0.717) is 6.04 Å². The molecular weight excluding hydrogens is 258 g/mol. The van der Waals surface area contributed by atoms with Crippen LogP contribution in [0.15, 0.2) is 18.2 Å². The van der Waals surface area contributed by atoms with Gasteiger partial charge in [0.25, 0.3) is 0 Å². The van der Waals surface area contributed by atoms with Crippen LogP contribution in [0, 0.1) is 13.8 Å². The number of unbranched alkanes of at least 4 members (excludes halogenated alkanes) is 3. The first-order valence-corrected chi connectivity index (χ1v) is 8.57. The van der Waals surface area contributed by atoms with Crippen LogP contribution < -0.4 is 5.32 Å². The molecule has 0 fully saturated rings. The average Bonchev–Trinajstić information content (AvgIpc) is 2.48. The number of benzene rings is 1. The van der Waals surface area contributed by atoms with E-state index in [1.54, 1.807) is 0 Å². The van der Waals surface area contributed by atoms with Gasteiger partial charge < -0.3 is 10.1 Å². The molecule has 0 aliphatic carbocycles. The molecule has 0 aromatic heterocycles. The first-order chi connectivity index (χ1) is 10.2. The highest BCUT2D eigenvalue weighted by atomic mass is 16.5. The molecule has 0 heterocycles. The zero-order valence-electron chi connectivity index (χ0n) is 14.4. The molecule has 0 aliphatic heterocycles. The van der Waals surface area contributed by atoms with E-state index < -0.39 is 0 Å². The van der Waals surface area contributed by atoms with Crippen molar-refractivity contribution in [2.45, 2.75) is 65.8 Å². The average molecular weight is 291 g/mol. The Bertz CT molecular complexity index is 389. The number of rotatable bonds is 11. The lowest BCUT2D eigenvalue weighted by molar-refractivity contribution is 0.107. The first-order valence-electron chi connectivity index (χ1n) is 8.57. The maximum atomic E-state index is 5.93. The Labute approximate surface area is 131 Å². The Kier molecular flexibility index (Phi) is 9.36. The fourth-order valence-corrected chi connectivity index (χ4v) is 2.54. The number of hydrogen-bond donors (Lipinski definition) is 1. The van der Waals surface area contributed by atoms with Crippen LogP contribution in [0.25, 0.3) is 0 Å². The molecule has 2 heteroatoms. The van der Waals surface area contributed by atoms with Gasteiger partial charge in [-0.3, -0.25) is 0 Å². The molecule has 120 valence electrons. The van der Waals surface area contributed by atoms with Crippen molar-refractivity contribution in [3.05, 3.63) is 34.9 Å². The van der Waals surface area contributed by atoms with Gasteiger partial charge in [0.1, 0.15) is 0 Å². The summed E-state index contributed by atoms with van der Waals surface area (Å²) in [6, 6.07) is 7.01. The van der Waals surface area contributed by atoms with Crippen molar-refractivity contribution in [2.24, 2.45) is 0 Å². The molecule has 1 rings (SSSR count). The summed E-state index contributed by atoms with van der Waals surface area (Å²) in [4.78, 5) is 0. The molecule has 0 amide bonds. The van der Waals surface area contributed by atoms with Crippen LogP contribution in [-0.2, 0) is 4.74 Å². The van der Waals surface area contributed by atoms with E-state index in [0.717, 1.165) is 26.2 Å². The molecule has 1 unspecified atom stereocenters. The zero-order valence-corrected chi connectivity index (χ0v) is 14.4. The molecule has 2 nitrogen and oxygen atoms in total. The Morgan fingerprint density at radius 2 is 1.86 bits per heavy atom. The summed E-state index contributed by atoms with van der Waals surface area (Å²) < 4.78 is 5.93. The normalized spacial score (nSPS) is 12.6. The first kappa shape index (κ1) is 18.2. The molecule has 0 saturated heterocycles. The third kappa shape index (κ3) is 7.10. The minimum atomic E-state index is 0.316. The maximum absolute atomic E-state index is 5.93. The smallest absolute Gasteiger partial charge is 0.0661 e. The lowest BCUT2D eigenvalue weighted by Crippen LogP contribution is -2.27. The molecule has 21 heavy (non-hydrogen) atoms. The molecule has 1 N–H and O–H groups in total. The minimum absolute atomic E-state index is 0.316. The monoisotopic (exact) mass is 291 g/mol. The van der Waals surface area contributed by atoms with Gasteiger partial charge in [-0.1, -0.05) is 56.9 Å². The number of aryl methyl sites for hydroxylation is 2. The standard InChI is InChI=1S/C19H33NO/c1-5-7-8-9-13-21-15-19(20-12-6-2)18-14-16(3)10-11-17(18)4/h10-11,14,19-20H,5-9,12-13,15H2,1-4H3. The van der Waals surface area contributed by atoms with Crippen molar-refractivity contribution in [1.29, 1.82) is 0 Å². The largest absolute Gasteiger partial charge is 0.379 e. The summed E-state index contributed by atoms with van der Waals surface area (Å²) in [7, 11) is 0. The predicted octanol–water partition coefficient (Wildman–Crippen LogP) is 4.94. The number of ether oxygens (including phenoxy) is 1. The van der Waals surface area contributed by atoms with Crippen LogP contribution >= 0.6 is 0 Å². The molecule has 0 radical (unpaired) electrons. The van der Waals surface area contributed by atoms with Gasteiger partial charge in [-0.15, -0.1) is 0 Å². The Morgan fingerprint density at radius 3 is 2.57 bits per heavy atom. The van der Waals surface area contributed by atoms with Crippen LogP contribution in [0.1, 0.15) is 68.7 Å². The molecule has 1 atom stereocenters. The van der Waals surface area contributed by atoms with Crippen LogP contribution in [0.3, 0.4) is 0 Å². The van der Waals surface area contributed by atoms with Gasteiger partial charge in [0.05, 0.1) is 12.6 Å². The Balaban J connectivity index is 2.52. The van der Waals surface area contributed by atoms with Crippen LogP contribution in [0.5, 0.6) is 0 Å². The zero-order chi connectivity index (χ0) is 15.5. The maximum Gasteiger partial charge on any atom is 0.0661 e. The van der Waals surface area contributed by atoms with Crippen LogP contribution in [0.2, 0.25) is 0 Å². The van der Waals surface area contributed by atoms with Crippen LogP contribution in [0.4, 0.5) is 0 Å². The molecule has 0 bridgehead atoms. The third-order valence-corrected chi connectivity index (χ3v) is 3.88. The van der Waals surface area contributed by atoms with E-state index in [9.17, 15) is 0 Å². The second kappa shape index (κ2) is 10.8. The van der Waals surface area contributed by atoms with Gasteiger partial charge in [-0.2, -0.15) is 0 Å². The van der Waals surface area contributed by atoms with E-state index in [4.69, 9.17) is 4.74 Å². The van der Waals surface area contributed by atoms with E-state index >= 15 is 0 Å². The van der Waals surface area contributed by atoms with Gasteiger partial charge in [-0.05, 0) is 44.4 Å². The predicted molar refractivity (Wildman–Crippen MR) is 91.9 cm³/mol. The lowest BCUT2D eigenvalue weighted by Gasteiger charge is -2.21. The summed E-state index contributed by atoms with van der Waals surface area (Å²) in [5, 5.41) is 3.63. The Morgan fingerprint density at radius 1 is 1.05 bits per heavy atom. The Hall–Kier alpha value is -0.860. The van der Waals surface area contributed by atoms with Crippen molar-refractivity contribution in [2.75, 3.05) is 19.8 Å². The van der Waals surface area contributed by atoms with Crippen molar-refractivity contribution in [3.63, 3.8) is 0 Å². The summed E-state index contributed by atoms with van der Waals surface area (Å²) >= 11 is 0. The summed E-state index contributed by atoms with van der Waals surface area (Å²) in [6.45, 7) is 11.5. The van der Waals surface area contributed by atoms with Gasteiger partial charge >= 0.3 is 0 Å². The van der Waals surface area contributed by atoms with E-state index in [1.807, 2.05) is 0 Å². The fraction of sp³-hybridized carbons (Fsp3) is 0.684. The number of hydrogen-bond acceptors (Lipinski definition) is 2. The molecule has 1 aromatic rings. The second-order valence-electron chi connectivity index (χ2n) is 6.00. The van der Waals surface area contributed by atoms with Gasteiger partial charge in [0.2, 0.25) is 0 Å². The second-order valence-corrected chi connectivity index (χ2v) is 6.00. The highest BCUT2D eigenvalue weighted by Crippen LogP contribution is 2.20. The summed E-state index contributed by atoms with van der Waals surface area (Å²) in [5.74, 6) is 0. The number of nitrogens with one attached hydrogen (secondary N) is 1. The van der Waals surface area contributed by atoms with E-state index in [2.05, 4.69) is 51.2 Å². The van der Waals surface area contributed by atoms with Crippen molar-refractivity contribution >= 4 is 0 Å². The lowest BCUT2D eigenvalue weighted by atomic mass is 9.99. The van der Waals surface area contributed by atoms with Crippen molar-refractivity contribution < 1.29 is 4.74 Å². The summed E-state index contributed by atoms with van der Waals surface area (Å²) in [5.41, 5.74) is 4.06. The van der Waals surface area contributed by atoms with Crippen molar-refractivity contribution in [3.8, 4) is 0 Å². The van der Waals surface area contributed by atoms with Crippen molar-refractivity contribution in [1.82, 2.24) is 5.32 Å². The molecule has 0 spiro atoms. The quantitative estimate of drug-likeness (QED) is 0.583. The fourth-order valence-electron chi connectivity index (χ4n) is 2.54. The van der Waals surface area contributed by atoms with Gasteiger partial charge in [-0.25, -0.2) is 0 Å². The SMILES string of the molecule is CCCCCCOCC(NCCC)c1cc(C)ccc1C. The third-order valence-electron chi connectivity index (χ3n) is 3.88. The molecular formula is C19H33NO. The highest BCUT2D eigenvalue weighted by Gasteiger charge is 2.13. The van der Waals surface area contributed by atoms with E-state index in [1.165, 1.54) is 42.4 Å². The van der Waals surface area contributed by atoms with Gasteiger partial charge in [0, 0.05) is 6.61 Å². The van der Waals surface area contributed by atoms with Crippen LogP contribution in [-0.4, -0.2) is 19.8 Å². The van der Waals surface area contributed by atoms with Gasteiger partial charge in [0.15, 0.2) is 0 Å². The minimum Gasteiger partial charge on any atom is -0.379 e. The highest BCUT2D eigenvalue weighted by molar-refractivity contribution is 5.33. The molecule has 1 aromatic carbocycles. The summed E-state index contributed by atoms with van der Waals surface area (Å²) in [6.07, 6.45) is 6.22. The van der Waals surface area contributed by atoms with E-state index in [-0.39, 0.29) is 0 Å². The molecule has 0 saturated carbocycles.